The highest BCUT2D eigenvalue weighted by Gasteiger charge is 2.34. The van der Waals surface area contributed by atoms with Crippen molar-refractivity contribution in [3.8, 4) is 11.4 Å². The summed E-state index contributed by atoms with van der Waals surface area (Å²) in [7, 11) is 2.15. The van der Waals surface area contributed by atoms with E-state index in [4.69, 9.17) is 9.47 Å². The molecule has 0 radical (unpaired) electrons. The zero-order valence-corrected chi connectivity index (χ0v) is 20.2. The Kier molecular flexibility index (Phi) is 7.39. The number of benzene rings is 2. The van der Waals surface area contributed by atoms with Crippen molar-refractivity contribution in [3.05, 3.63) is 71.5 Å². The highest BCUT2D eigenvalue weighted by atomic mass is 16.5. The summed E-state index contributed by atoms with van der Waals surface area (Å²) >= 11 is 0. The minimum Gasteiger partial charge on any atom is -0.492 e. The first kappa shape index (κ1) is 23.5. The van der Waals surface area contributed by atoms with Gasteiger partial charge >= 0.3 is 0 Å². The van der Waals surface area contributed by atoms with E-state index in [-0.39, 0.29) is 5.91 Å². The molecule has 1 saturated heterocycles. The Labute approximate surface area is 206 Å². The molecule has 8 nitrogen and oxygen atoms in total. The zero-order valence-electron chi connectivity index (χ0n) is 20.2. The van der Waals surface area contributed by atoms with Crippen LogP contribution in [0, 0.1) is 0 Å². The molecule has 0 bridgehead atoms. The summed E-state index contributed by atoms with van der Waals surface area (Å²) in [5.41, 5.74) is 3.23. The van der Waals surface area contributed by atoms with Crippen LogP contribution in [0.1, 0.15) is 53.3 Å². The number of likely N-dealkylation sites (N-methyl/N-ethyl adjacent to an activating group) is 1. The summed E-state index contributed by atoms with van der Waals surface area (Å²) in [6.07, 6.45) is 4.27. The van der Waals surface area contributed by atoms with Crippen LogP contribution >= 0.6 is 0 Å². The van der Waals surface area contributed by atoms with Gasteiger partial charge in [0.25, 0.3) is 5.91 Å². The number of nitrogens with one attached hydrogen (secondary N) is 1. The van der Waals surface area contributed by atoms with Crippen molar-refractivity contribution in [2.45, 2.75) is 44.2 Å². The van der Waals surface area contributed by atoms with Gasteiger partial charge in [0.2, 0.25) is 0 Å². The highest BCUT2D eigenvalue weighted by molar-refractivity contribution is 5.93. The molecule has 35 heavy (non-hydrogen) atoms. The van der Waals surface area contributed by atoms with Gasteiger partial charge in [-0.05, 0) is 62.6 Å². The Morgan fingerprint density at radius 2 is 1.91 bits per heavy atom. The van der Waals surface area contributed by atoms with Crippen molar-refractivity contribution in [1.82, 2.24) is 25.2 Å². The molecule has 1 saturated carbocycles. The number of hydrogen-bond acceptors (Lipinski definition) is 6. The summed E-state index contributed by atoms with van der Waals surface area (Å²) in [6, 6.07) is 18.3. The molecule has 1 aliphatic carbocycles. The molecule has 3 aromatic rings. The summed E-state index contributed by atoms with van der Waals surface area (Å²) in [5.74, 6) is 0.950. The van der Waals surface area contributed by atoms with Crippen molar-refractivity contribution < 1.29 is 14.3 Å². The van der Waals surface area contributed by atoms with Gasteiger partial charge in [0.15, 0.2) is 5.69 Å². The number of hydrogen-bond donors (Lipinski definition) is 1. The van der Waals surface area contributed by atoms with Gasteiger partial charge in [0, 0.05) is 38.3 Å². The quantitative estimate of drug-likeness (QED) is 0.483. The van der Waals surface area contributed by atoms with Gasteiger partial charge in [-0.1, -0.05) is 35.5 Å². The van der Waals surface area contributed by atoms with E-state index in [1.165, 1.54) is 0 Å². The molecule has 184 valence electrons. The number of amides is 1. The van der Waals surface area contributed by atoms with E-state index in [0.29, 0.717) is 30.8 Å². The van der Waals surface area contributed by atoms with Crippen molar-refractivity contribution in [2.75, 3.05) is 33.4 Å². The molecule has 0 spiro atoms. The van der Waals surface area contributed by atoms with Crippen LogP contribution in [-0.4, -0.2) is 65.3 Å². The fourth-order valence-corrected chi connectivity index (χ4v) is 4.56. The van der Waals surface area contributed by atoms with Gasteiger partial charge < -0.3 is 14.8 Å². The largest absolute Gasteiger partial charge is 0.492 e. The minimum atomic E-state index is -0.196. The molecule has 8 heteroatoms. The monoisotopic (exact) mass is 475 g/mol. The van der Waals surface area contributed by atoms with Gasteiger partial charge in [-0.25, -0.2) is 4.68 Å². The van der Waals surface area contributed by atoms with Crippen LogP contribution in [0.25, 0.3) is 5.69 Å². The first-order valence-electron chi connectivity index (χ1n) is 12.5. The lowest BCUT2D eigenvalue weighted by Crippen LogP contribution is -2.38. The van der Waals surface area contributed by atoms with Gasteiger partial charge in [-0.3, -0.25) is 9.69 Å². The van der Waals surface area contributed by atoms with Crippen LogP contribution in [0.4, 0.5) is 0 Å². The van der Waals surface area contributed by atoms with E-state index in [2.05, 4.69) is 27.6 Å². The molecule has 1 N–H and O–H groups in total. The molecule has 0 unspecified atom stereocenters. The Balaban J connectivity index is 1.16. The summed E-state index contributed by atoms with van der Waals surface area (Å²) in [6.45, 7) is 3.58. The number of carbonyl (C=O) groups is 1. The molecular formula is C27H33N5O3. The maximum absolute atomic E-state index is 13.0. The first-order chi connectivity index (χ1) is 17.2. The Bertz CT molecular complexity index is 1120. The van der Waals surface area contributed by atoms with E-state index >= 15 is 0 Å². The van der Waals surface area contributed by atoms with Gasteiger partial charge in [0.05, 0.1) is 11.4 Å². The van der Waals surface area contributed by atoms with E-state index in [9.17, 15) is 4.79 Å². The predicted molar refractivity (Wildman–Crippen MR) is 133 cm³/mol. The average Bonchev–Trinajstić information content (AvgIpc) is 3.65. The lowest BCUT2D eigenvalue weighted by molar-refractivity contribution is 0.0392. The maximum Gasteiger partial charge on any atom is 0.274 e. The molecule has 2 aromatic carbocycles. The Morgan fingerprint density at radius 3 is 2.69 bits per heavy atom. The lowest BCUT2D eigenvalue weighted by atomic mass is 10.1. The number of nitrogens with zero attached hydrogens (tertiary/aromatic N) is 4. The second kappa shape index (κ2) is 11.0. The fourth-order valence-electron chi connectivity index (χ4n) is 4.56. The normalized spacial score (nSPS) is 16.4. The van der Waals surface area contributed by atoms with Crippen LogP contribution in [-0.2, 0) is 11.3 Å². The van der Waals surface area contributed by atoms with E-state index in [0.717, 1.165) is 68.1 Å². The smallest absolute Gasteiger partial charge is 0.274 e. The van der Waals surface area contributed by atoms with E-state index < -0.39 is 0 Å². The fraction of sp³-hybridized carbons (Fsp3) is 0.444. The number of carbonyl (C=O) groups excluding carboxylic acids is 1. The molecular weight excluding hydrogens is 442 g/mol. The summed E-state index contributed by atoms with van der Waals surface area (Å²) in [5, 5.41) is 11.6. The van der Waals surface area contributed by atoms with Crippen LogP contribution in [0.3, 0.4) is 0 Å². The van der Waals surface area contributed by atoms with E-state index in [1.54, 1.807) is 4.68 Å². The van der Waals surface area contributed by atoms with Crippen molar-refractivity contribution >= 4 is 5.91 Å². The van der Waals surface area contributed by atoms with Crippen molar-refractivity contribution in [1.29, 1.82) is 0 Å². The summed E-state index contributed by atoms with van der Waals surface area (Å²) in [4.78, 5) is 15.4. The van der Waals surface area contributed by atoms with Gasteiger partial charge in [-0.15, -0.1) is 5.10 Å². The summed E-state index contributed by atoms with van der Waals surface area (Å²) < 4.78 is 13.3. The van der Waals surface area contributed by atoms with Crippen molar-refractivity contribution in [3.63, 3.8) is 0 Å². The molecule has 2 aliphatic rings. The molecule has 2 fully saturated rings. The molecule has 0 atom stereocenters. The third-order valence-corrected chi connectivity index (χ3v) is 6.76. The number of rotatable bonds is 10. The Morgan fingerprint density at radius 1 is 1.11 bits per heavy atom. The number of ether oxygens (including phenoxy) is 2. The molecule has 5 rings (SSSR count). The third-order valence-electron chi connectivity index (χ3n) is 6.76. The second-order valence-electron chi connectivity index (χ2n) is 9.35. The standard InChI is InChI=1S/C27H33N5O3/c1-31(22-12-15-34-16-13-22)14-17-35-24-9-5-6-20(18-24)19-28-27(33)25-26(21-10-11-21)32(30-29-25)23-7-3-2-4-8-23/h2-9,18,21-22H,10-17,19H2,1H3,(H,28,33). The molecule has 1 amide bonds. The van der Waals surface area contributed by atoms with Crippen LogP contribution in [0.15, 0.2) is 54.6 Å². The van der Waals surface area contributed by atoms with Gasteiger partial charge in [0.1, 0.15) is 12.4 Å². The molecule has 2 heterocycles. The van der Waals surface area contributed by atoms with Crippen LogP contribution in [0.2, 0.25) is 0 Å². The predicted octanol–water partition coefficient (Wildman–Crippen LogP) is 3.56. The minimum absolute atomic E-state index is 0.196. The van der Waals surface area contributed by atoms with Crippen molar-refractivity contribution in [2.24, 2.45) is 0 Å². The Hall–Kier alpha value is -3.23. The second-order valence-corrected chi connectivity index (χ2v) is 9.35. The lowest BCUT2D eigenvalue weighted by Gasteiger charge is -2.31. The van der Waals surface area contributed by atoms with Crippen LogP contribution in [0.5, 0.6) is 5.75 Å². The van der Waals surface area contributed by atoms with Crippen LogP contribution < -0.4 is 10.1 Å². The van der Waals surface area contributed by atoms with E-state index in [1.807, 2.05) is 54.6 Å². The number of aromatic nitrogens is 3. The first-order valence-corrected chi connectivity index (χ1v) is 12.5. The molecule has 1 aromatic heterocycles. The third kappa shape index (κ3) is 5.89. The SMILES string of the molecule is CN(CCOc1cccc(CNC(=O)c2nnn(-c3ccccc3)c2C2CC2)c1)C1CCOCC1. The average molecular weight is 476 g/mol. The zero-order chi connectivity index (χ0) is 24.0. The molecule has 1 aliphatic heterocycles. The number of para-hydroxylation sites is 1. The maximum atomic E-state index is 13.0. The van der Waals surface area contributed by atoms with Gasteiger partial charge in [-0.2, -0.15) is 0 Å². The topological polar surface area (TPSA) is 81.5 Å². The highest BCUT2D eigenvalue weighted by Crippen LogP contribution is 2.41.